The van der Waals surface area contributed by atoms with E-state index in [1.165, 1.54) is 23.1 Å². The zero-order chi connectivity index (χ0) is 13.9. The van der Waals surface area contributed by atoms with Gasteiger partial charge in [0.1, 0.15) is 0 Å². The van der Waals surface area contributed by atoms with Crippen molar-refractivity contribution in [2.75, 3.05) is 0 Å². The molecule has 1 aromatic carbocycles. The predicted molar refractivity (Wildman–Crippen MR) is 81.4 cm³/mol. The molecule has 1 aliphatic carbocycles. The van der Waals surface area contributed by atoms with Crippen LogP contribution in [0.2, 0.25) is 0 Å². The summed E-state index contributed by atoms with van der Waals surface area (Å²) in [6.45, 7) is 3.14. The number of nitrogens with zero attached hydrogens (tertiary/aromatic N) is 2. The minimum atomic E-state index is 0.106. The van der Waals surface area contributed by atoms with Crippen LogP contribution in [0.5, 0.6) is 0 Å². The van der Waals surface area contributed by atoms with Crippen LogP contribution in [-0.4, -0.2) is 9.78 Å². The van der Waals surface area contributed by atoms with Crippen molar-refractivity contribution in [1.82, 2.24) is 9.78 Å². The van der Waals surface area contributed by atoms with Gasteiger partial charge in [0.2, 0.25) is 0 Å². The highest BCUT2D eigenvalue weighted by Crippen LogP contribution is 2.32. The summed E-state index contributed by atoms with van der Waals surface area (Å²) in [4.78, 5) is 0. The predicted octanol–water partition coefficient (Wildman–Crippen LogP) is 3.10. The lowest BCUT2D eigenvalue weighted by Crippen LogP contribution is -2.26. The van der Waals surface area contributed by atoms with Crippen molar-refractivity contribution in [1.29, 1.82) is 0 Å². The van der Waals surface area contributed by atoms with E-state index in [4.69, 9.17) is 5.73 Å². The van der Waals surface area contributed by atoms with Crippen LogP contribution in [0.3, 0.4) is 0 Å². The van der Waals surface area contributed by atoms with Gasteiger partial charge < -0.3 is 5.73 Å². The Kier molecular flexibility index (Phi) is 3.88. The summed E-state index contributed by atoms with van der Waals surface area (Å²) in [5.41, 5.74) is 10.6. The van der Waals surface area contributed by atoms with Crippen molar-refractivity contribution < 1.29 is 0 Å². The van der Waals surface area contributed by atoms with Crippen LogP contribution in [0.15, 0.2) is 36.7 Å². The molecule has 0 saturated carbocycles. The Bertz CT molecular complexity index is 573. The average molecular weight is 269 g/mol. The van der Waals surface area contributed by atoms with E-state index in [-0.39, 0.29) is 6.04 Å². The highest BCUT2D eigenvalue weighted by molar-refractivity contribution is 5.30. The molecule has 0 saturated heterocycles. The Morgan fingerprint density at radius 3 is 2.95 bits per heavy atom. The van der Waals surface area contributed by atoms with Gasteiger partial charge in [-0.15, -0.1) is 0 Å². The molecule has 1 aliphatic rings. The van der Waals surface area contributed by atoms with E-state index in [1.807, 2.05) is 10.9 Å². The summed E-state index contributed by atoms with van der Waals surface area (Å²) in [5, 5.41) is 4.40. The number of benzene rings is 1. The van der Waals surface area contributed by atoms with E-state index >= 15 is 0 Å². The Balaban J connectivity index is 1.73. The molecule has 0 bridgehead atoms. The summed E-state index contributed by atoms with van der Waals surface area (Å²) in [6, 6.07) is 8.86. The number of rotatable bonds is 4. The van der Waals surface area contributed by atoms with Crippen LogP contribution >= 0.6 is 0 Å². The zero-order valence-corrected chi connectivity index (χ0v) is 12.1. The van der Waals surface area contributed by atoms with Crippen LogP contribution in [0.25, 0.3) is 0 Å². The number of nitrogens with two attached hydrogens (primary N) is 1. The third-order valence-electron chi connectivity index (χ3n) is 4.38. The molecule has 0 spiro atoms. The van der Waals surface area contributed by atoms with Crippen LogP contribution in [0.1, 0.15) is 42.5 Å². The molecule has 3 heteroatoms. The third-order valence-corrected chi connectivity index (χ3v) is 4.38. The maximum atomic E-state index is 6.48. The summed E-state index contributed by atoms with van der Waals surface area (Å²) in [5.74, 6) is 0.532. The first kappa shape index (κ1) is 13.4. The van der Waals surface area contributed by atoms with Gasteiger partial charge in [0.15, 0.2) is 0 Å². The standard InChI is InChI=1S/C17H23N3/c1-2-9-20-12-16(11-19-20)17(18)15-8-7-13-5-3-4-6-14(13)10-15/h3-6,11-12,15,17H,2,7-10,18H2,1H3. The Labute approximate surface area is 120 Å². The molecule has 0 aliphatic heterocycles. The molecule has 106 valence electrons. The summed E-state index contributed by atoms with van der Waals surface area (Å²) >= 11 is 0. The molecule has 20 heavy (non-hydrogen) atoms. The molecular weight excluding hydrogens is 246 g/mol. The maximum Gasteiger partial charge on any atom is 0.0537 e. The normalized spacial score (nSPS) is 19.6. The minimum absolute atomic E-state index is 0.106. The largest absolute Gasteiger partial charge is 0.324 e. The molecule has 1 aromatic heterocycles. The van der Waals surface area contributed by atoms with E-state index in [1.54, 1.807) is 0 Å². The molecule has 2 N–H and O–H groups in total. The lowest BCUT2D eigenvalue weighted by atomic mass is 9.79. The number of hydrogen-bond acceptors (Lipinski definition) is 2. The molecule has 2 unspecified atom stereocenters. The van der Waals surface area contributed by atoms with Gasteiger partial charge in [0.05, 0.1) is 6.20 Å². The molecule has 0 radical (unpaired) electrons. The first-order valence-electron chi connectivity index (χ1n) is 7.62. The Morgan fingerprint density at radius 1 is 1.35 bits per heavy atom. The van der Waals surface area contributed by atoms with Gasteiger partial charge in [0.25, 0.3) is 0 Å². The van der Waals surface area contributed by atoms with Crippen molar-refractivity contribution in [2.45, 2.75) is 45.2 Å². The quantitative estimate of drug-likeness (QED) is 0.927. The van der Waals surface area contributed by atoms with E-state index in [0.717, 1.165) is 25.8 Å². The monoisotopic (exact) mass is 269 g/mol. The van der Waals surface area contributed by atoms with Gasteiger partial charge in [-0.3, -0.25) is 4.68 Å². The molecular formula is C17H23N3. The maximum absolute atomic E-state index is 6.48. The molecule has 0 amide bonds. The lowest BCUT2D eigenvalue weighted by Gasteiger charge is -2.28. The number of fused-ring (bicyclic) bond motifs is 1. The Hall–Kier alpha value is -1.61. The van der Waals surface area contributed by atoms with Gasteiger partial charge in [-0.1, -0.05) is 31.2 Å². The smallest absolute Gasteiger partial charge is 0.0537 e. The summed E-state index contributed by atoms with van der Waals surface area (Å²) < 4.78 is 2.01. The fourth-order valence-electron chi connectivity index (χ4n) is 3.21. The van der Waals surface area contributed by atoms with Gasteiger partial charge in [-0.05, 0) is 42.7 Å². The fraction of sp³-hybridized carbons (Fsp3) is 0.471. The topological polar surface area (TPSA) is 43.8 Å². The Morgan fingerprint density at radius 2 is 2.15 bits per heavy atom. The van der Waals surface area contributed by atoms with Gasteiger partial charge >= 0.3 is 0 Å². The van der Waals surface area contributed by atoms with Crippen LogP contribution in [0, 0.1) is 5.92 Å². The number of aryl methyl sites for hydroxylation is 2. The summed E-state index contributed by atoms with van der Waals surface area (Å²) in [6.07, 6.45) is 8.59. The number of hydrogen-bond donors (Lipinski definition) is 1. The molecule has 1 heterocycles. The van der Waals surface area contributed by atoms with Crippen molar-refractivity contribution in [2.24, 2.45) is 11.7 Å². The first-order valence-corrected chi connectivity index (χ1v) is 7.62. The lowest BCUT2D eigenvalue weighted by molar-refractivity contribution is 0.382. The second-order valence-corrected chi connectivity index (χ2v) is 5.83. The highest BCUT2D eigenvalue weighted by atomic mass is 15.3. The SMILES string of the molecule is CCCn1cc(C(N)C2CCc3ccccc3C2)cn1. The van der Waals surface area contributed by atoms with Crippen LogP contribution in [-0.2, 0) is 19.4 Å². The van der Waals surface area contributed by atoms with E-state index in [0.29, 0.717) is 5.92 Å². The molecule has 2 atom stereocenters. The third kappa shape index (κ3) is 2.63. The summed E-state index contributed by atoms with van der Waals surface area (Å²) in [7, 11) is 0. The molecule has 0 fully saturated rings. The van der Waals surface area contributed by atoms with Crippen molar-refractivity contribution >= 4 is 0 Å². The van der Waals surface area contributed by atoms with E-state index < -0.39 is 0 Å². The van der Waals surface area contributed by atoms with E-state index in [2.05, 4.69) is 42.5 Å². The molecule has 3 nitrogen and oxygen atoms in total. The van der Waals surface area contributed by atoms with Gasteiger partial charge in [-0.2, -0.15) is 5.10 Å². The number of aromatic nitrogens is 2. The van der Waals surface area contributed by atoms with Gasteiger partial charge in [0, 0.05) is 24.3 Å². The molecule has 2 aromatic rings. The zero-order valence-electron chi connectivity index (χ0n) is 12.1. The second-order valence-electron chi connectivity index (χ2n) is 5.83. The van der Waals surface area contributed by atoms with Crippen LogP contribution < -0.4 is 5.73 Å². The van der Waals surface area contributed by atoms with Crippen molar-refractivity contribution in [3.05, 3.63) is 53.3 Å². The minimum Gasteiger partial charge on any atom is -0.324 e. The van der Waals surface area contributed by atoms with Crippen molar-refractivity contribution in [3.8, 4) is 0 Å². The molecule has 3 rings (SSSR count). The first-order chi connectivity index (χ1) is 9.78. The second kappa shape index (κ2) is 5.80. The average Bonchev–Trinajstić information content (AvgIpc) is 2.95. The van der Waals surface area contributed by atoms with E-state index in [9.17, 15) is 0 Å². The van der Waals surface area contributed by atoms with Gasteiger partial charge in [-0.25, -0.2) is 0 Å². The van der Waals surface area contributed by atoms with Crippen molar-refractivity contribution in [3.63, 3.8) is 0 Å². The highest BCUT2D eigenvalue weighted by Gasteiger charge is 2.25. The van der Waals surface area contributed by atoms with Crippen LogP contribution in [0.4, 0.5) is 0 Å². The fourth-order valence-corrected chi connectivity index (χ4v) is 3.21.